The molecule has 0 aromatic heterocycles. The van der Waals surface area contributed by atoms with Gasteiger partial charge in [0.1, 0.15) is 0 Å². The highest BCUT2D eigenvalue weighted by molar-refractivity contribution is 14.1. The van der Waals surface area contributed by atoms with Crippen LogP contribution in [-0.2, 0) is 9.59 Å². The van der Waals surface area contributed by atoms with E-state index in [1.54, 1.807) is 29.5 Å². The van der Waals surface area contributed by atoms with Crippen molar-refractivity contribution < 1.29 is 9.59 Å². The molecule has 5 heteroatoms. The van der Waals surface area contributed by atoms with E-state index in [1.807, 2.05) is 0 Å². The molecule has 0 amide bonds. The summed E-state index contributed by atoms with van der Waals surface area (Å²) in [5.74, 6) is -0.192. The van der Waals surface area contributed by atoms with Crippen molar-refractivity contribution in [1.29, 1.82) is 0 Å². The Kier molecular flexibility index (Phi) is 6.68. The first-order valence-electron chi connectivity index (χ1n) is 4.12. The molecule has 0 heterocycles. The first-order valence-corrected chi connectivity index (χ1v) is 5.20. The third-order valence-corrected chi connectivity index (χ3v) is 1.96. The minimum Gasteiger partial charge on any atom is -0.291 e. The Morgan fingerprint density at radius 1 is 1.40 bits per heavy atom. The van der Waals surface area contributed by atoms with E-state index < -0.39 is 0 Å². The van der Waals surface area contributed by atoms with Crippen LogP contribution < -0.4 is 0 Å². The number of aliphatic imine (C=N–C) groups is 2. The Labute approximate surface area is 102 Å². The van der Waals surface area contributed by atoms with E-state index in [2.05, 4.69) is 16.6 Å². The van der Waals surface area contributed by atoms with Crippen molar-refractivity contribution in [1.82, 2.24) is 0 Å². The number of hydrogen-bond donors (Lipinski definition) is 0. The third kappa shape index (κ3) is 5.36. The van der Waals surface area contributed by atoms with Crippen molar-refractivity contribution >= 4 is 44.2 Å². The molecule has 0 aromatic carbocycles. The van der Waals surface area contributed by atoms with Crippen LogP contribution >= 0.6 is 22.6 Å². The number of amidine groups is 1. The molecule has 15 heavy (non-hydrogen) atoms. The lowest BCUT2D eigenvalue weighted by Crippen LogP contribution is -2.06. The van der Waals surface area contributed by atoms with E-state index in [-0.39, 0.29) is 15.4 Å². The average molecular weight is 318 g/mol. The topological polar surface area (TPSA) is 58.9 Å². The summed E-state index contributed by atoms with van der Waals surface area (Å²) in [5, 5.41) is 0. The van der Waals surface area contributed by atoms with Gasteiger partial charge in [-0.15, -0.1) is 0 Å². The van der Waals surface area contributed by atoms with Gasteiger partial charge in [0.05, 0.1) is 0 Å². The molecule has 0 spiro atoms. The first-order chi connectivity index (χ1) is 7.02. The van der Waals surface area contributed by atoms with E-state index in [0.717, 1.165) is 0 Å². The molecular formula is C10H11IN2O2. The fourth-order valence-corrected chi connectivity index (χ4v) is 1.01. The smallest absolute Gasteiger partial charge is 0.223 e. The molecule has 0 aromatic rings. The predicted octanol–water partition coefficient (Wildman–Crippen LogP) is 2.10. The van der Waals surface area contributed by atoms with Gasteiger partial charge in [-0.05, 0) is 6.92 Å². The lowest BCUT2D eigenvalue weighted by molar-refractivity contribution is -0.111. The first kappa shape index (κ1) is 13.9. The molecule has 0 bridgehead atoms. The summed E-state index contributed by atoms with van der Waals surface area (Å²) in [7, 11) is 0. The molecule has 80 valence electrons. The molecule has 4 nitrogen and oxygen atoms in total. The van der Waals surface area contributed by atoms with Crippen molar-refractivity contribution in [2.75, 3.05) is 0 Å². The quantitative estimate of drug-likeness (QED) is 0.199. The van der Waals surface area contributed by atoms with Crippen LogP contribution in [0, 0.1) is 0 Å². The van der Waals surface area contributed by atoms with Crippen LogP contribution in [0.5, 0.6) is 0 Å². The molecule has 0 saturated heterocycles. The summed E-state index contributed by atoms with van der Waals surface area (Å²) in [6.07, 6.45) is 4.13. The number of allylic oxidation sites excluding steroid dienone is 2. The summed E-state index contributed by atoms with van der Waals surface area (Å²) >= 11 is 1.62. The standard InChI is InChI=1S/C10H11IN2O2/c1-4-8(9(11)15)6-13-10(7(3)14)12-5-2/h4-6H,1H2,2-3H3/b8-6+,12-5?,13-10?. The number of carbonyl (C=O) groups is 2. The SMILES string of the molecule is C=C/C(=C\N=C(N=CC)C(C)=O)C(=O)I. The molecule has 0 N–H and O–H groups in total. The highest BCUT2D eigenvalue weighted by Crippen LogP contribution is 2.04. The summed E-state index contributed by atoms with van der Waals surface area (Å²) < 4.78 is -0.185. The van der Waals surface area contributed by atoms with Gasteiger partial charge in [0.2, 0.25) is 3.79 Å². The molecule has 0 atom stereocenters. The van der Waals surface area contributed by atoms with Crippen LogP contribution in [0.2, 0.25) is 0 Å². The second kappa shape index (κ2) is 7.22. The summed E-state index contributed by atoms with van der Waals surface area (Å²) in [5.41, 5.74) is 0.334. The maximum absolute atomic E-state index is 11.0. The van der Waals surface area contributed by atoms with Gasteiger partial charge in [-0.25, -0.2) is 9.98 Å². The second-order valence-electron chi connectivity index (χ2n) is 2.46. The van der Waals surface area contributed by atoms with Crippen LogP contribution in [0.25, 0.3) is 0 Å². The van der Waals surface area contributed by atoms with Crippen LogP contribution in [0.1, 0.15) is 13.8 Å². The molecule has 0 aliphatic rings. The third-order valence-electron chi connectivity index (χ3n) is 1.34. The summed E-state index contributed by atoms with van der Waals surface area (Å²) in [6, 6.07) is 0. The van der Waals surface area contributed by atoms with Crippen molar-refractivity contribution in [3.05, 3.63) is 24.4 Å². The minimum absolute atomic E-state index is 0.0644. The van der Waals surface area contributed by atoms with Gasteiger partial charge >= 0.3 is 0 Å². The molecule has 0 rings (SSSR count). The van der Waals surface area contributed by atoms with Gasteiger partial charge in [0.25, 0.3) is 0 Å². The Morgan fingerprint density at radius 3 is 2.33 bits per heavy atom. The number of carbonyl (C=O) groups excluding carboxylic acids is 2. The van der Waals surface area contributed by atoms with Crippen LogP contribution in [0.3, 0.4) is 0 Å². The maximum atomic E-state index is 11.0. The van der Waals surface area contributed by atoms with E-state index >= 15 is 0 Å². The normalized spacial score (nSPS) is 13.0. The summed E-state index contributed by atoms with van der Waals surface area (Å²) in [4.78, 5) is 29.6. The monoisotopic (exact) mass is 318 g/mol. The number of Topliss-reactive ketones (excluding diaryl/α,β-unsaturated/α-hetero) is 1. The lowest BCUT2D eigenvalue weighted by Gasteiger charge is -1.93. The zero-order chi connectivity index (χ0) is 11.8. The minimum atomic E-state index is -0.256. The predicted molar refractivity (Wildman–Crippen MR) is 69.6 cm³/mol. The summed E-state index contributed by atoms with van der Waals surface area (Å²) in [6.45, 7) is 6.51. The Bertz CT molecular complexity index is 368. The number of halogens is 1. The lowest BCUT2D eigenvalue weighted by atomic mass is 10.3. The molecule has 0 unspecified atom stereocenters. The van der Waals surface area contributed by atoms with Gasteiger partial charge in [-0.3, -0.25) is 9.59 Å². The molecule has 0 aliphatic carbocycles. The molecule has 0 saturated carbocycles. The van der Waals surface area contributed by atoms with Crippen LogP contribution in [0.4, 0.5) is 0 Å². The van der Waals surface area contributed by atoms with E-state index in [0.29, 0.717) is 5.57 Å². The average Bonchev–Trinajstić information content (AvgIpc) is 2.16. The number of hydrogen-bond acceptors (Lipinski definition) is 3. The second-order valence-corrected chi connectivity index (χ2v) is 3.44. The van der Waals surface area contributed by atoms with E-state index in [1.165, 1.54) is 25.4 Å². The van der Waals surface area contributed by atoms with Crippen molar-refractivity contribution in [2.45, 2.75) is 13.8 Å². The van der Waals surface area contributed by atoms with Gasteiger partial charge < -0.3 is 0 Å². The Hall–Kier alpha value is -1.11. The zero-order valence-corrected chi connectivity index (χ0v) is 10.7. The van der Waals surface area contributed by atoms with Crippen molar-refractivity contribution in [2.24, 2.45) is 9.98 Å². The van der Waals surface area contributed by atoms with Crippen molar-refractivity contribution in [3.8, 4) is 0 Å². The highest BCUT2D eigenvalue weighted by Gasteiger charge is 2.03. The largest absolute Gasteiger partial charge is 0.291 e. The van der Waals surface area contributed by atoms with E-state index in [9.17, 15) is 9.59 Å². The number of rotatable bonds is 4. The van der Waals surface area contributed by atoms with Gasteiger partial charge in [0.15, 0.2) is 11.6 Å². The zero-order valence-electron chi connectivity index (χ0n) is 8.53. The Balaban J connectivity index is 5.07. The van der Waals surface area contributed by atoms with Gasteiger partial charge in [-0.1, -0.05) is 12.7 Å². The number of nitrogens with zero attached hydrogens (tertiary/aromatic N) is 2. The molecular weight excluding hydrogens is 307 g/mol. The Morgan fingerprint density at radius 2 is 2.00 bits per heavy atom. The van der Waals surface area contributed by atoms with E-state index in [4.69, 9.17) is 0 Å². The number of ketones is 1. The fraction of sp³-hybridized carbons (Fsp3) is 0.200. The molecule has 0 fully saturated rings. The highest BCUT2D eigenvalue weighted by atomic mass is 127. The fourth-order valence-electron chi connectivity index (χ4n) is 0.652. The molecule has 0 radical (unpaired) electrons. The van der Waals surface area contributed by atoms with Crippen LogP contribution in [0.15, 0.2) is 34.4 Å². The van der Waals surface area contributed by atoms with Gasteiger partial charge in [-0.2, -0.15) is 0 Å². The van der Waals surface area contributed by atoms with Crippen LogP contribution in [-0.4, -0.2) is 21.6 Å². The van der Waals surface area contributed by atoms with Crippen molar-refractivity contribution in [3.63, 3.8) is 0 Å². The maximum Gasteiger partial charge on any atom is 0.223 e. The van der Waals surface area contributed by atoms with Gasteiger partial charge in [0, 0.05) is 47.5 Å². The molecule has 0 aliphatic heterocycles.